The van der Waals surface area contributed by atoms with Crippen molar-refractivity contribution in [2.75, 3.05) is 12.0 Å². The number of carboxylic acids is 1. The number of anilines is 1. The van der Waals surface area contributed by atoms with Crippen molar-refractivity contribution in [2.45, 2.75) is 57.3 Å². The average molecular weight is 716 g/mol. The lowest BCUT2D eigenvalue weighted by molar-refractivity contribution is -0.141. The maximum atomic E-state index is 15.3. The quantitative estimate of drug-likeness (QED) is 0.137. The SMILES string of the molecule is Cc1ccc(NN2C(=O)C3CC4C(=CCC5C(=O)N(CCCCCC(=O)O)C(=O)C54)C(C4=COc5ccc(O)cc5C4)C3(c3ccccc3)C2=O)cc1. The number of allylic oxidation sites excluding steroid dienone is 3. The zero-order valence-electron chi connectivity index (χ0n) is 29.4. The number of hydrogen-bond donors (Lipinski definition) is 3. The van der Waals surface area contributed by atoms with Crippen LogP contribution in [0.4, 0.5) is 5.69 Å². The second-order valence-electron chi connectivity index (χ2n) is 14.9. The summed E-state index contributed by atoms with van der Waals surface area (Å²) in [6, 6.07) is 21.7. The Morgan fingerprint density at radius 3 is 2.45 bits per heavy atom. The summed E-state index contributed by atoms with van der Waals surface area (Å²) in [5.41, 5.74) is 6.28. The van der Waals surface area contributed by atoms with Crippen LogP contribution in [0.3, 0.4) is 0 Å². The highest BCUT2D eigenvalue weighted by molar-refractivity contribution is 6.13. The molecule has 5 aliphatic rings. The first kappa shape index (κ1) is 34.4. The van der Waals surface area contributed by atoms with Crippen LogP contribution >= 0.6 is 0 Å². The van der Waals surface area contributed by atoms with Gasteiger partial charge in [-0.05, 0) is 80.0 Å². The van der Waals surface area contributed by atoms with Crippen LogP contribution in [0.15, 0.2) is 96.3 Å². The number of phenols is 1. The number of carbonyl (C=O) groups excluding carboxylic acids is 4. The molecule has 53 heavy (non-hydrogen) atoms. The summed E-state index contributed by atoms with van der Waals surface area (Å²) in [7, 11) is 0. The molecule has 1 saturated carbocycles. The van der Waals surface area contributed by atoms with E-state index in [1.165, 1.54) is 4.90 Å². The van der Waals surface area contributed by atoms with E-state index in [9.17, 15) is 24.3 Å². The standard InChI is InChI=1S/C42H41N3O8/c1-24-11-13-28(14-12-24)43-45-39(50)33-22-32-30(16-17-31-36(32)40(51)44(38(31)49)19-7-3-6-10-35(47)48)37(42(33,41(45)52)27-8-4-2-5-9-27)26-20-25-21-29(46)15-18-34(25)53-23-26/h2,4-5,8-9,11-16,18,21,23,31-33,36-37,43,46H,3,6-7,10,17,19-20,22H2,1H3,(H,47,48). The van der Waals surface area contributed by atoms with Crippen molar-refractivity contribution in [3.63, 3.8) is 0 Å². The molecule has 11 heteroatoms. The highest BCUT2D eigenvalue weighted by Gasteiger charge is 2.70. The van der Waals surface area contributed by atoms with Gasteiger partial charge in [0.1, 0.15) is 11.5 Å². The average Bonchev–Trinajstić information content (AvgIpc) is 3.52. The van der Waals surface area contributed by atoms with E-state index in [0.717, 1.165) is 27.3 Å². The number of nitrogens with zero attached hydrogens (tertiary/aromatic N) is 2. The molecule has 0 bridgehead atoms. The number of hydrogen-bond acceptors (Lipinski definition) is 8. The fraction of sp³-hybridized carbons (Fsp3) is 0.357. The van der Waals surface area contributed by atoms with Crippen LogP contribution in [0, 0.1) is 36.5 Å². The van der Waals surface area contributed by atoms with Crippen LogP contribution in [0.25, 0.3) is 0 Å². The van der Waals surface area contributed by atoms with Crippen LogP contribution in [-0.4, -0.2) is 56.3 Å². The number of hydrazine groups is 1. The first-order valence-electron chi connectivity index (χ1n) is 18.3. The van der Waals surface area contributed by atoms with Gasteiger partial charge in [0.25, 0.3) is 11.8 Å². The van der Waals surface area contributed by atoms with E-state index < -0.39 is 52.8 Å². The molecule has 272 valence electrons. The molecule has 0 spiro atoms. The molecular formula is C42H41N3O8. The Morgan fingerprint density at radius 2 is 1.70 bits per heavy atom. The van der Waals surface area contributed by atoms with Crippen molar-refractivity contribution in [1.82, 2.24) is 9.91 Å². The number of carbonyl (C=O) groups is 5. The molecule has 8 rings (SSSR count). The smallest absolute Gasteiger partial charge is 0.303 e. The summed E-state index contributed by atoms with van der Waals surface area (Å²) < 4.78 is 6.18. The predicted octanol–water partition coefficient (Wildman–Crippen LogP) is 5.68. The molecule has 3 N–H and O–H groups in total. The number of nitrogens with one attached hydrogen (secondary N) is 1. The van der Waals surface area contributed by atoms with Crippen molar-refractivity contribution < 1.29 is 38.9 Å². The molecule has 3 heterocycles. The van der Waals surface area contributed by atoms with E-state index in [1.54, 1.807) is 24.5 Å². The number of aryl methyl sites for hydroxylation is 1. The van der Waals surface area contributed by atoms with Gasteiger partial charge in [-0.15, -0.1) is 0 Å². The number of fused-ring (bicyclic) bond motifs is 5. The lowest BCUT2D eigenvalue weighted by Gasteiger charge is -2.51. The summed E-state index contributed by atoms with van der Waals surface area (Å²) in [5, 5.41) is 20.6. The van der Waals surface area contributed by atoms with Crippen molar-refractivity contribution in [3.05, 3.63) is 113 Å². The Hall–Kier alpha value is -5.71. The molecule has 3 aromatic carbocycles. The summed E-state index contributed by atoms with van der Waals surface area (Å²) in [5.74, 6) is -4.98. The molecule has 4 amide bonds. The Kier molecular flexibility index (Phi) is 8.67. The first-order valence-corrected chi connectivity index (χ1v) is 18.3. The minimum Gasteiger partial charge on any atom is -0.508 e. The fourth-order valence-corrected chi connectivity index (χ4v) is 9.57. The van der Waals surface area contributed by atoms with Gasteiger partial charge in [-0.3, -0.25) is 34.3 Å². The topological polar surface area (TPSA) is 154 Å². The van der Waals surface area contributed by atoms with Crippen molar-refractivity contribution in [3.8, 4) is 11.5 Å². The van der Waals surface area contributed by atoms with Gasteiger partial charge in [-0.25, -0.2) is 0 Å². The van der Waals surface area contributed by atoms with E-state index in [1.807, 2.05) is 67.6 Å². The zero-order valence-corrected chi connectivity index (χ0v) is 29.4. The van der Waals surface area contributed by atoms with Gasteiger partial charge in [0.05, 0.1) is 35.1 Å². The Morgan fingerprint density at radius 1 is 0.925 bits per heavy atom. The molecule has 2 saturated heterocycles. The van der Waals surface area contributed by atoms with Gasteiger partial charge in [0, 0.05) is 30.9 Å². The maximum Gasteiger partial charge on any atom is 0.303 e. The fourth-order valence-electron chi connectivity index (χ4n) is 9.57. The summed E-state index contributed by atoms with van der Waals surface area (Å²) >= 11 is 0. The maximum absolute atomic E-state index is 15.3. The highest BCUT2D eigenvalue weighted by Crippen LogP contribution is 2.63. The monoisotopic (exact) mass is 715 g/mol. The number of unbranched alkanes of at least 4 members (excludes halogenated alkanes) is 2. The van der Waals surface area contributed by atoms with Crippen molar-refractivity contribution in [2.24, 2.45) is 29.6 Å². The van der Waals surface area contributed by atoms with Crippen LogP contribution in [-0.2, 0) is 35.8 Å². The minimum atomic E-state index is -1.41. The number of imide groups is 2. The number of benzene rings is 3. The van der Waals surface area contributed by atoms with Crippen LogP contribution in [0.2, 0.25) is 0 Å². The Bertz CT molecular complexity index is 2070. The van der Waals surface area contributed by atoms with Crippen LogP contribution in [0.1, 0.15) is 55.2 Å². The second kappa shape index (κ2) is 13.4. The molecule has 3 fully saturated rings. The number of ether oxygens (including phenoxy) is 1. The van der Waals surface area contributed by atoms with Crippen molar-refractivity contribution in [1.29, 1.82) is 0 Å². The number of likely N-dealkylation sites (tertiary alicyclic amines) is 1. The van der Waals surface area contributed by atoms with E-state index in [4.69, 9.17) is 9.84 Å². The number of phenolic OH excluding ortho intramolecular Hbond substituents is 1. The van der Waals surface area contributed by atoms with Gasteiger partial charge >= 0.3 is 5.97 Å². The van der Waals surface area contributed by atoms with E-state index in [-0.39, 0.29) is 37.0 Å². The molecule has 0 aromatic heterocycles. The molecule has 0 radical (unpaired) electrons. The normalized spacial score (nSPS) is 27.3. The third kappa shape index (κ3) is 5.60. The molecule has 3 aliphatic heterocycles. The Balaban J connectivity index is 1.23. The van der Waals surface area contributed by atoms with E-state index >= 15 is 4.79 Å². The summed E-state index contributed by atoms with van der Waals surface area (Å²) in [6.45, 7) is 2.16. The minimum absolute atomic E-state index is 0.0284. The van der Waals surface area contributed by atoms with Gasteiger partial charge < -0.3 is 14.9 Å². The van der Waals surface area contributed by atoms with Gasteiger partial charge in [0.15, 0.2) is 0 Å². The number of carboxylic acid groups (broad SMARTS) is 1. The van der Waals surface area contributed by atoms with Crippen LogP contribution in [0.5, 0.6) is 11.5 Å². The summed E-state index contributed by atoms with van der Waals surface area (Å²) in [6.07, 6.45) is 6.05. The number of amides is 4. The molecule has 2 aliphatic carbocycles. The zero-order chi connectivity index (χ0) is 37.0. The number of aliphatic carboxylic acids is 1. The molecule has 11 nitrogen and oxygen atoms in total. The number of rotatable bonds is 10. The second-order valence-corrected chi connectivity index (χ2v) is 14.9. The van der Waals surface area contributed by atoms with Gasteiger partial charge in [0.2, 0.25) is 11.8 Å². The molecule has 6 unspecified atom stereocenters. The van der Waals surface area contributed by atoms with Gasteiger partial charge in [-0.1, -0.05) is 66.1 Å². The van der Waals surface area contributed by atoms with Crippen LogP contribution < -0.4 is 10.2 Å². The largest absolute Gasteiger partial charge is 0.508 e. The molecule has 6 atom stereocenters. The van der Waals surface area contributed by atoms with Crippen molar-refractivity contribution >= 4 is 35.3 Å². The molecular weight excluding hydrogens is 674 g/mol. The molecule has 3 aromatic rings. The third-order valence-corrected chi connectivity index (χ3v) is 11.9. The van der Waals surface area contributed by atoms with E-state index in [2.05, 4.69) is 5.43 Å². The Labute approximate surface area is 306 Å². The first-order chi connectivity index (χ1) is 25.6. The van der Waals surface area contributed by atoms with E-state index in [0.29, 0.717) is 49.1 Å². The lowest BCUT2D eigenvalue weighted by Crippen LogP contribution is -2.55. The summed E-state index contributed by atoms with van der Waals surface area (Å²) in [4.78, 5) is 70.7. The number of aromatic hydroxyl groups is 1. The highest BCUT2D eigenvalue weighted by atomic mass is 16.5. The lowest BCUT2D eigenvalue weighted by atomic mass is 9.48. The predicted molar refractivity (Wildman–Crippen MR) is 193 cm³/mol. The van der Waals surface area contributed by atoms with Gasteiger partial charge in [-0.2, -0.15) is 5.01 Å². The third-order valence-electron chi connectivity index (χ3n) is 11.9.